The van der Waals surface area contributed by atoms with Crippen LogP contribution in [0.2, 0.25) is 5.02 Å². The van der Waals surface area contributed by atoms with E-state index in [9.17, 15) is 9.59 Å². The second kappa shape index (κ2) is 4.28. The van der Waals surface area contributed by atoms with Crippen molar-refractivity contribution in [2.24, 2.45) is 11.3 Å². The van der Waals surface area contributed by atoms with Crippen molar-refractivity contribution in [2.45, 2.75) is 20.3 Å². The molecule has 2 rings (SSSR count). The first-order valence-electron chi connectivity index (χ1n) is 5.65. The summed E-state index contributed by atoms with van der Waals surface area (Å²) in [4.78, 5) is 23.0. The molecule has 1 aromatic carbocycles. The van der Waals surface area contributed by atoms with E-state index in [1.807, 2.05) is 13.8 Å². The van der Waals surface area contributed by atoms with Gasteiger partial charge in [-0.2, -0.15) is 0 Å². The van der Waals surface area contributed by atoms with Crippen molar-refractivity contribution in [1.82, 2.24) is 0 Å². The number of benzene rings is 1. The predicted molar refractivity (Wildman–Crippen MR) is 68.9 cm³/mol. The molecule has 0 bridgehead atoms. The highest BCUT2D eigenvalue weighted by Crippen LogP contribution is 2.52. The fourth-order valence-electron chi connectivity index (χ4n) is 1.98. The second-order valence-electron chi connectivity index (χ2n) is 5.20. The van der Waals surface area contributed by atoms with Gasteiger partial charge in [-0.25, -0.2) is 4.79 Å². The lowest BCUT2D eigenvalue weighted by molar-refractivity contribution is -0.118. The van der Waals surface area contributed by atoms with Crippen molar-refractivity contribution in [1.29, 1.82) is 0 Å². The molecule has 1 saturated carbocycles. The molecule has 0 aromatic heterocycles. The van der Waals surface area contributed by atoms with E-state index in [0.717, 1.165) is 6.42 Å². The molecule has 1 aliphatic rings. The lowest BCUT2D eigenvalue weighted by atomic mass is 10.1. The first kappa shape index (κ1) is 12.9. The van der Waals surface area contributed by atoms with Crippen molar-refractivity contribution >= 4 is 29.2 Å². The summed E-state index contributed by atoms with van der Waals surface area (Å²) in [6, 6.07) is 4.65. The van der Waals surface area contributed by atoms with Crippen LogP contribution >= 0.6 is 11.6 Å². The highest BCUT2D eigenvalue weighted by Gasteiger charge is 2.50. The van der Waals surface area contributed by atoms with Gasteiger partial charge in [-0.15, -0.1) is 0 Å². The minimum absolute atomic E-state index is 0.00600. The fourth-order valence-corrected chi connectivity index (χ4v) is 2.24. The largest absolute Gasteiger partial charge is 0.478 e. The van der Waals surface area contributed by atoms with Gasteiger partial charge < -0.3 is 10.4 Å². The van der Waals surface area contributed by atoms with Crippen LogP contribution in [0.3, 0.4) is 0 Å². The summed E-state index contributed by atoms with van der Waals surface area (Å²) < 4.78 is 0. The fraction of sp³-hybridized carbons (Fsp3) is 0.385. The third kappa shape index (κ3) is 2.34. The van der Waals surface area contributed by atoms with Gasteiger partial charge >= 0.3 is 5.97 Å². The standard InChI is InChI=1S/C13H14ClNO3/c1-13(2)6-7(13)11(16)15-9-5-3-4-8(14)10(9)12(17)18/h3-5,7H,6H2,1-2H3,(H,15,16)(H,17,18). The Bertz CT molecular complexity index is 525. The number of hydrogen-bond acceptors (Lipinski definition) is 2. The molecule has 96 valence electrons. The Balaban J connectivity index is 2.22. The van der Waals surface area contributed by atoms with Gasteiger partial charge in [-0.3, -0.25) is 4.79 Å². The zero-order chi connectivity index (χ0) is 13.5. The number of nitrogens with one attached hydrogen (secondary N) is 1. The third-order valence-electron chi connectivity index (χ3n) is 3.32. The van der Waals surface area contributed by atoms with Crippen LogP contribution in [0.5, 0.6) is 0 Å². The summed E-state index contributed by atoms with van der Waals surface area (Å²) in [5.74, 6) is -1.35. The molecule has 0 radical (unpaired) electrons. The van der Waals surface area contributed by atoms with Crippen LogP contribution in [0, 0.1) is 11.3 Å². The Kier molecular flexibility index (Phi) is 3.07. The summed E-state index contributed by atoms with van der Waals surface area (Å²) in [5.41, 5.74) is 0.195. The monoisotopic (exact) mass is 267 g/mol. The first-order valence-corrected chi connectivity index (χ1v) is 6.03. The molecule has 1 atom stereocenters. The highest BCUT2D eigenvalue weighted by molar-refractivity contribution is 6.34. The highest BCUT2D eigenvalue weighted by atomic mass is 35.5. The van der Waals surface area contributed by atoms with Gasteiger partial charge in [0.1, 0.15) is 5.56 Å². The maximum atomic E-state index is 11.9. The molecule has 0 heterocycles. The van der Waals surface area contributed by atoms with Gasteiger partial charge in [0.2, 0.25) is 5.91 Å². The molecule has 1 aromatic rings. The van der Waals surface area contributed by atoms with Crippen LogP contribution < -0.4 is 5.32 Å². The molecule has 2 N–H and O–H groups in total. The lowest BCUT2D eigenvalue weighted by Gasteiger charge is -2.10. The van der Waals surface area contributed by atoms with Crippen LogP contribution in [-0.2, 0) is 4.79 Å². The van der Waals surface area contributed by atoms with Crippen molar-refractivity contribution in [3.8, 4) is 0 Å². The van der Waals surface area contributed by atoms with Gasteiger partial charge in [0.05, 0.1) is 10.7 Å². The first-order chi connectivity index (χ1) is 8.33. The predicted octanol–water partition coefficient (Wildman–Crippen LogP) is 3.02. The molecule has 4 nitrogen and oxygen atoms in total. The summed E-state index contributed by atoms with van der Waals surface area (Å²) in [6.07, 6.45) is 0.821. The van der Waals surface area contributed by atoms with E-state index >= 15 is 0 Å². The molecule has 0 saturated heterocycles. The third-order valence-corrected chi connectivity index (χ3v) is 3.63. The lowest BCUT2D eigenvalue weighted by Crippen LogP contribution is -2.18. The van der Waals surface area contributed by atoms with Crippen molar-refractivity contribution in [3.05, 3.63) is 28.8 Å². The Morgan fingerprint density at radius 2 is 2.06 bits per heavy atom. The number of carboxylic acid groups (broad SMARTS) is 1. The van der Waals surface area contributed by atoms with Crippen LogP contribution in [0.1, 0.15) is 30.6 Å². The van der Waals surface area contributed by atoms with E-state index in [-0.39, 0.29) is 33.5 Å². The van der Waals surface area contributed by atoms with Gasteiger partial charge in [-0.1, -0.05) is 31.5 Å². The van der Waals surface area contributed by atoms with Crippen LogP contribution in [0.25, 0.3) is 0 Å². The number of amides is 1. The number of anilines is 1. The van der Waals surface area contributed by atoms with E-state index in [0.29, 0.717) is 0 Å². The quantitative estimate of drug-likeness (QED) is 0.885. The smallest absolute Gasteiger partial charge is 0.339 e. The number of hydrogen-bond donors (Lipinski definition) is 2. The molecule has 18 heavy (non-hydrogen) atoms. The Labute approximate surface area is 110 Å². The van der Waals surface area contributed by atoms with E-state index in [1.165, 1.54) is 6.07 Å². The maximum Gasteiger partial charge on any atom is 0.339 e. The van der Waals surface area contributed by atoms with Crippen molar-refractivity contribution < 1.29 is 14.7 Å². The second-order valence-corrected chi connectivity index (χ2v) is 5.61. The zero-order valence-corrected chi connectivity index (χ0v) is 10.9. The number of carboxylic acids is 1. The minimum Gasteiger partial charge on any atom is -0.478 e. The zero-order valence-electron chi connectivity index (χ0n) is 10.2. The van der Waals surface area contributed by atoms with Crippen LogP contribution in [0.4, 0.5) is 5.69 Å². The average molecular weight is 268 g/mol. The van der Waals surface area contributed by atoms with Gasteiger partial charge in [0.15, 0.2) is 0 Å². The molecule has 5 heteroatoms. The molecule has 0 aliphatic heterocycles. The molecule has 0 spiro atoms. The minimum atomic E-state index is -1.15. The Hall–Kier alpha value is -1.55. The molecule has 1 fully saturated rings. The average Bonchev–Trinajstić information content (AvgIpc) is 2.87. The molecular weight excluding hydrogens is 254 g/mol. The van der Waals surface area contributed by atoms with Crippen LogP contribution in [0.15, 0.2) is 18.2 Å². The van der Waals surface area contributed by atoms with E-state index in [2.05, 4.69) is 5.32 Å². The van der Waals surface area contributed by atoms with E-state index in [4.69, 9.17) is 16.7 Å². The number of carbonyl (C=O) groups excluding carboxylic acids is 1. The van der Waals surface area contributed by atoms with Crippen LogP contribution in [-0.4, -0.2) is 17.0 Å². The van der Waals surface area contributed by atoms with Gasteiger partial charge in [0.25, 0.3) is 0 Å². The maximum absolute atomic E-state index is 11.9. The molecule has 1 unspecified atom stereocenters. The number of rotatable bonds is 3. The Morgan fingerprint density at radius 3 is 2.56 bits per heavy atom. The normalized spacial score (nSPS) is 20.3. The van der Waals surface area contributed by atoms with Gasteiger partial charge in [-0.05, 0) is 24.0 Å². The van der Waals surface area contributed by atoms with Gasteiger partial charge in [0, 0.05) is 5.92 Å². The topological polar surface area (TPSA) is 66.4 Å². The summed E-state index contributed by atoms with van der Waals surface area (Å²) in [6.45, 7) is 4.01. The SMILES string of the molecule is CC1(C)CC1C(=O)Nc1cccc(Cl)c1C(=O)O. The molecule has 1 amide bonds. The van der Waals surface area contributed by atoms with E-state index < -0.39 is 5.97 Å². The molecule has 1 aliphatic carbocycles. The summed E-state index contributed by atoms with van der Waals surface area (Å²) in [5, 5.41) is 11.8. The number of halogens is 1. The van der Waals surface area contributed by atoms with Crippen molar-refractivity contribution in [3.63, 3.8) is 0 Å². The number of carbonyl (C=O) groups is 2. The molecular formula is C13H14ClNO3. The Morgan fingerprint density at radius 1 is 1.44 bits per heavy atom. The summed E-state index contributed by atoms with van der Waals surface area (Å²) >= 11 is 5.83. The van der Waals surface area contributed by atoms with E-state index in [1.54, 1.807) is 12.1 Å². The van der Waals surface area contributed by atoms with Crippen molar-refractivity contribution in [2.75, 3.05) is 5.32 Å². The number of aromatic carboxylic acids is 1. The summed E-state index contributed by atoms with van der Waals surface area (Å²) in [7, 11) is 0.